The smallest absolute Gasteiger partial charge is 0.343 e. The summed E-state index contributed by atoms with van der Waals surface area (Å²) in [6.45, 7) is 0. The van der Waals surface area contributed by atoms with E-state index in [-0.39, 0.29) is 11.1 Å². The lowest BCUT2D eigenvalue weighted by atomic mass is 10.1. The van der Waals surface area contributed by atoms with Crippen LogP contribution in [0.15, 0.2) is 17.1 Å². The summed E-state index contributed by atoms with van der Waals surface area (Å²) in [5.74, 6) is -1.96. The highest BCUT2D eigenvalue weighted by Gasteiger charge is 2.17. The average Bonchev–Trinajstić information content (AvgIpc) is 2.16. The Hall–Kier alpha value is -2.11. The minimum atomic E-state index is -1.12. The first kappa shape index (κ1) is 11.0. The van der Waals surface area contributed by atoms with Crippen LogP contribution in [0.2, 0.25) is 0 Å². The zero-order chi connectivity index (χ0) is 11.4. The highest BCUT2D eigenvalue weighted by molar-refractivity contribution is 5.91. The van der Waals surface area contributed by atoms with Gasteiger partial charge in [0.05, 0.1) is 13.5 Å². The van der Waals surface area contributed by atoms with Gasteiger partial charge < -0.3 is 14.8 Å². The maximum atomic E-state index is 11.3. The number of aromatic nitrogens is 1. The molecule has 0 aromatic carbocycles. The van der Waals surface area contributed by atoms with Gasteiger partial charge in [0.15, 0.2) is 0 Å². The number of ether oxygens (including phenoxy) is 1. The molecule has 0 fully saturated rings. The molecular formula is C9H9NO5. The second-order valence-corrected chi connectivity index (χ2v) is 2.77. The van der Waals surface area contributed by atoms with Crippen molar-refractivity contribution in [2.75, 3.05) is 7.11 Å². The summed E-state index contributed by atoms with van der Waals surface area (Å²) in [5.41, 5.74) is -0.777. The molecule has 15 heavy (non-hydrogen) atoms. The van der Waals surface area contributed by atoms with E-state index in [0.717, 1.165) is 7.11 Å². The molecule has 0 bridgehead atoms. The minimum Gasteiger partial charge on any atom is -0.481 e. The summed E-state index contributed by atoms with van der Waals surface area (Å²) in [6, 6.07) is 1.36. The van der Waals surface area contributed by atoms with E-state index in [2.05, 4.69) is 9.72 Å². The lowest BCUT2D eigenvalue weighted by molar-refractivity contribution is -0.136. The van der Waals surface area contributed by atoms with Gasteiger partial charge in [-0.05, 0) is 11.6 Å². The van der Waals surface area contributed by atoms with Crippen molar-refractivity contribution in [3.05, 3.63) is 33.7 Å². The molecule has 1 rings (SSSR count). The van der Waals surface area contributed by atoms with Gasteiger partial charge in [0.25, 0.3) is 5.56 Å². The molecule has 0 saturated carbocycles. The molecule has 0 aliphatic carbocycles. The number of nitrogens with one attached hydrogen (secondary N) is 1. The number of esters is 1. The lowest BCUT2D eigenvalue weighted by Crippen LogP contribution is -2.22. The monoisotopic (exact) mass is 211 g/mol. The van der Waals surface area contributed by atoms with Crippen molar-refractivity contribution in [1.82, 2.24) is 4.98 Å². The zero-order valence-corrected chi connectivity index (χ0v) is 7.94. The van der Waals surface area contributed by atoms with Crippen LogP contribution in [0.25, 0.3) is 0 Å². The van der Waals surface area contributed by atoms with Crippen molar-refractivity contribution in [3.8, 4) is 0 Å². The van der Waals surface area contributed by atoms with Gasteiger partial charge in [-0.1, -0.05) is 0 Å². The van der Waals surface area contributed by atoms with Crippen LogP contribution in [-0.4, -0.2) is 29.1 Å². The molecular weight excluding hydrogens is 202 g/mol. The van der Waals surface area contributed by atoms with E-state index >= 15 is 0 Å². The van der Waals surface area contributed by atoms with Crippen molar-refractivity contribution in [2.24, 2.45) is 0 Å². The van der Waals surface area contributed by atoms with Crippen molar-refractivity contribution in [3.63, 3.8) is 0 Å². The van der Waals surface area contributed by atoms with Gasteiger partial charge in [-0.15, -0.1) is 0 Å². The number of methoxy groups -OCH3 is 1. The van der Waals surface area contributed by atoms with E-state index in [1.165, 1.54) is 12.3 Å². The normalized spacial score (nSPS) is 9.67. The standard InChI is InChI=1S/C9H9NO5/c1-15-9(14)7-5(4-6(11)12)2-3-10-8(7)13/h2-3H,4H2,1H3,(H,10,13)(H,11,12). The van der Waals surface area contributed by atoms with E-state index < -0.39 is 23.9 Å². The maximum Gasteiger partial charge on any atom is 0.343 e. The molecule has 80 valence electrons. The third-order valence-corrected chi connectivity index (χ3v) is 1.78. The van der Waals surface area contributed by atoms with Gasteiger partial charge >= 0.3 is 11.9 Å². The molecule has 6 nitrogen and oxygen atoms in total. The van der Waals surface area contributed by atoms with Crippen LogP contribution in [0.4, 0.5) is 0 Å². The Labute approximate surface area is 84.5 Å². The Morgan fingerprint density at radius 1 is 1.53 bits per heavy atom. The number of hydrogen-bond acceptors (Lipinski definition) is 4. The molecule has 1 aromatic rings. The topological polar surface area (TPSA) is 96.5 Å². The second-order valence-electron chi connectivity index (χ2n) is 2.77. The predicted molar refractivity (Wildman–Crippen MR) is 49.7 cm³/mol. The van der Waals surface area contributed by atoms with E-state index in [1.54, 1.807) is 0 Å². The third-order valence-electron chi connectivity index (χ3n) is 1.78. The fourth-order valence-electron chi connectivity index (χ4n) is 1.16. The Morgan fingerprint density at radius 2 is 2.20 bits per heavy atom. The first-order valence-electron chi connectivity index (χ1n) is 4.07. The van der Waals surface area contributed by atoms with Crippen LogP contribution in [0.1, 0.15) is 15.9 Å². The number of carboxylic acids is 1. The van der Waals surface area contributed by atoms with Crippen LogP contribution < -0.4 is 5.56 Å². The summed E-state index contributed by atoms with van der Waals surface area (Å²) in [6.07, 6.45) is 0.890. The fraction of sp³-hybridized carbons (Fsp3) is 0.222. The Bertz CT molecular complexity index is 448. The van der Waals surface area contributed by atoms with Gasteiger partial charge in [-0.25, -0.2) is 4.79 Å². The number of carbonyl (C=O) groups is 2. The van der Waals surface area contributed by atoms with E-state index in [1.807, 2.05) is 0 Å². The molecule has 0 amide bonds. The fourth-order valence-corrected chi connectivity index (χ4v) is 1.16. The van der Waals surface area contributed by atoms with Crippen molar-refractivity contribution >= 4 is 11.9 Å². The third kappa shape index (κ3) is 2.43. The number of H-pyrrole nitrogens is 1. The molecule has 0 radical (unpaired) electrons. The van der Waals surface area contributed by atoms with Crippen LogP contribution >= 0.6 is 0 Å². The average molecular weight is 211 g/mol. The minimum absolute atomic E-state index is 0.137. The molecule has 1 aromatic heterocycles. The van der Waals surface area contributed by atoms with Crippen LogP contribution in [0, 0.1) is 0 Å². The second kappa shape index (κ2) is 4.41. The van der Waals surface area contributed by atoms with Crippen molar-refractivity contribution < 1.29 is 19.4 Å². The highest BCUT2D eigenvalue weighted by atomic mass is 16.5. The number of pyridine rings is 1. The zero-order valence-electron chi connectivity index (χ0n) is 7.94. The molecule has 0 saturated heterocycles. The number of aromatic amines is 1. The van der Waals surface area contributed by atoms with Gasteiger partial charge in [-0.2, -0.15) is 0 Å². The summed E-state index contributed by atoms with van der Waals surface area (Å²) in [7, 11) is 1.12. The maximum absolute atomic E-state index is 11.3. The predicted octanol–water partition coefficient (Wildman–Crippen LogP) is -0.211. The van der Waals surface area contributed by atoms with Gasteiger partial charge in [-0.3, -0.25) is 9.59 Å². The highest BCUT2D eigenvalue weighted by Crippen LogP contribution is 2.05. The first-order chi connectivity index (χ1) is 7.06. The van der Waals surface area contributed by atoms with E-state index in [4.69, 9.17) is 5.11 Å². The molecule has 0 atom stereocenters. The van der Waals surface area contributed by atoms with E-state index in [0.29, 0.717) is 0 Å². The van der Waals surface area contributed by atoms with Gasteiger partial charge in [0.1, 0.15) is 5.56 Å². The van der Waals surface area contributed by atoms with Crippen LogP contribution in [0.3, 0.4) is 0 Å². The number of hydrogen-bond donors (Lipinski definition) is 2. The SMILES string of the molecule is COC(=O)c1c(CC(=O)O)cc[nH]c1=O. The molecule has 0 aliphatic rings. The molecule has 0 spiro atoms. The summed E-state index contributed by atoms with van der Waals surface area (Å²) in [4.78, 5) is 35.2. The number of rotatable bonds is 3. The quantitative estimate of drug-likeness (QED) is 0.674. The molecule has 0 aliphatic heterocycles. The van der Waals surface area contributed by atoms with E-state index in [9.17, 15) is 14.4 Å². The summed E-state index contributed by atoms with van der Waals surface area (Å²) in [5, 5.41) is 8.57. The summed E-state index contributed by atoms with van der Waals surface area (Å²) < 4.78 is 4.39. The molecule has 2 N–H and O–H groups in total. The number of carbonyl (C=O) groups excluding carboxylic acids is 1. The largest absolute Gasteiger partial charge is 0.481 e. The van der Waals surface area contributed by atoms with Crippen LogP contribution in [-0.2, 0) is 16.0 Å². The Morgan fingerprint density at radius 3 is 2.73 bits per heavy atom. The lowest BCUT2D eigenvalue weighted by Gasteiger charge is -2.03. The summed E-state index contributed by atoms with van der Waals surface area (Å²) >= 11 is 0. The van der Waals surface area contributed by atoms with Crippen molar-refractivity contribution in [2.45, 2.75) is 6.42 Å². The van der Waals surface area contributed by atoms with Gasteiger partial charge in [0.2, 0.25) is 0 Å². The first-order valence-corrected chi connectivity index (χ1v) is 4.07. The van der Waals surface area contributed by atoms with Crippen LogP contribution in [0.5, 0.6) is 0 Å². The molecule has 1 heterocycles. The number of carboxylic acid groups (broad SMARTS) is 1. The van der Waals surface area contributed by atoms with Crippen molar-refractivity contribution in [1.29, 1.82) is 0 Å². The Kier molecular flexibility index (Phi) is 3.22. The Balaban J connectivity index is 3.26. The van der Waals surface area contributed by atoms with Gasteiger partial charge in [0, 0.05) is 6.20 Å². The number of aliphatic carboxylic acids is 1. The molecule has 0 unspecified atom stereocenters. The molecule has 6 heteroatoms.